The number of nitrogens with zero attached hydrogens (tertiary/aromatic N) is 1. The van der Waals surface area contributed by atoms with Crippen molar-refractivity contribution in [1.82, 2.24) is 10.2 Å². The molecule has 1 unspecified atom stereocenters. The topological polar surface area (TPSA) is 15.3 Å². The Balaban J connectivity index is 1.67. The third-order valence-corrected chi connectivity index (χ3v) is 3.59. The lowest BCUT2D eigenvalue weighted by Crippen LogP contribution is -2.39. The van der Waals surface area contributed by atoms with Crippen molar-refractivity contribution in [3.63, 3.8) is 0 Å². The Labute approximate surface area is 81.7 Å². The first-order valence-corrected chi connectivity index (χ1v) is 5.85. The van der Waals surface area contributed by atoms with Crippen molar-refractivity contribution in [3.05, 3.63) is 0 Å². The zero-order valence-electron chi connectivity index (χ0n) is 8.76. The van der Waals surface area contributed by atoms with Crippen molar-refractivity contribution < 1.29 is 0 Å². The lowest BCUT2D eigenvalue weighted by Gasteiger charge is -2.34. The number of hydrogen-bond acceptors (Lipinski definition) is 2. The molecule has 1 N–H and O–H groups in total. The maximum atomic E-state index is 3.46. The number of hydrogen-bond donors (Lipinski definition) is 1. The Bertz CT molecular complexity index is 154. The predicted octanol–water partition coefficient (Wildman–Crippen LogP) is 1.47. The van der Waals surface area contributed by atoms with Crippen LogP contribution in [0.3, 0.4) is 0 Å². The molecular formula is C11H22N2. The Morgan fingerprint density at radius 3 is 2.77 bits per heavy atom. The highest BCUT2D eigenvalue weighted by Crippen LogP contribution is 2.29. The van der Waals surface area contributed by atoms with Crippen molar-refractivity contribution in [2.75, 3.05) is 26.2 Å². The van der Waals surface area contributed by atoms with Gasteiger partial charge in [0, 0.05) is 12.6 Å². The molecule has 1 heterocycles. The lowest BCUT2D eigenvalue weighted by molar-refractivity contribution is 0.153. The van der Waals surface area contributed by atoms with Crippen LogP contribution in [0.15, 0.2) is 0 Å². The Morgan fingerprint density at radius 2 is 2.15 bits per heavy atom. The quantitative estimate of drug-likeness (QED) is 0.708. The van der Waals surface area contributed by atoms with Gasteiger partial charge in [0.05, 0.1) is 0 Å². The van der Waals surface area contributed by atoms with Gasteiger partial charge in [0.1, 0.15) is 0 Å². The van der Waals surface area contributed by atoms with Crippen LogP contribution in [-0.2, 0) is 0 Å². The first-order chi connectivity index (χ1) is 6.40. The highest BCUT2D eigenvalue weighted by molar-refractivity contribution is 4.86. The number of nitrogens with one attached hydrogen (secondary N) is 1. The van der Waals surface area contributed by atoms with E-state index in [9.17, 15) is 0 Å². The van der Waals surface area contributed by atoms with Gasteiger partial charge in [0.25, 0.3) is 0 Å². The summed E-state index contributed by atoms with van der Waals surface area (Å²) >= 11 is 0. The summed E-state index contributed by atoms with van der Waals surface area (Å²) in [5.41, 5.74) is 0. The molecule has 1 saturated heterocycles. The first kappa shape index (κ1) is 9.47. The average molecular weight is 182 g/mol. The van der Waals surface area contributed by atoms with Crippen LogP contribution in [-0.4, -0.2) is 37.1 Å². The van der Waals surface area contributed by atoms with E-state index in [1.807, 2.05) is 0 Å². The molecule has 2 heteroatoms. The largest absolute Gasteiger partial charge is 0.317 e. The summed E-state index contributed by atoms with van der Waals surface area (Å²) in [5.74, 6) is 0.931. The molecule has 0 radical (unpaired) electrons. The highest BCUT2D eigenvalue weighted by atomic mass is 15.2. The van der Waals surface area contributed by atoms with Crippen molar-refractivity contribution in [3.8, 4) is 0 Å². The third-order valence-electron chi connectivity index (χ3n) is 3.59. The molecule has 0 amide bonds. The zero-order valence-corrected chi connectivity index (χ0v) is 8.76. The predicted molar refractivity (Wildman–Crippen MR) is 55.9 cm³/mol. The van der Waals surface area contributed by atoms with E-state index in [2.05, 4.69) is 17.1 Å². The van der Waals surface area contributed by atoms with Crippen LogP contribution in [0, 0.1) is 5.92 Å². The average Bonchev–Trinajstić information content (AvgIpc) is 2.46. The molecule has 0 spiro atoms. The SMILES string of the molecule is CCNCC1CCN(C2CCC2)C1. The summed E-state index contributed by atoms with van der Waals surface area (Å²) in [4.78, 5) is 2.71. The summed E-state index contributed by atoms with van der Waals surface area (Å²) in [7, 11) is 0. The van der Waals surface area contributed by atoms with Crippen LogP contribution in [0.5, 0.6) is 0 Å². The molecule has 0 aromatic heterocycles. The normalized spacial score (nSPS) is 30.7. The van der Waals surface area contributed by atoms with Gasteiger partial charge in [0.15, 0.2) is 0 Å². The van der Waals surface area contributed by atoms with Gasteiger partial charge in [-0.25, -0.2) is 0 Å². The van der Waals surface area contributed by atoms with E-state index in [-0.39, 0.29) is 0 Å². The van der Waals surface area contributed by atoms with E-state index >= 15 is 0 Å². The molecule has 1 aliphatic carbocycles. The van der Waals surface area contributed by atoms with Gasteiger partial charge in [-0.2, -0.15) is 0 Å². The fourth-order valence-corrected chi connectivity index (χ4v) is 2.46. The maximum Gasteiger partial charge on any atom is 0.00954 e. The van der Waals surface area contributed by atoms with Crippen molar-refractivity contribution >= 4 is 0 Å². The maximum absolute atomic E-state index is 3.46. The summed E-state index contributed by atoms with van der Waals surface area (Å²) in [6, 6.07) is 0.964. The molecule has 2 nitrogen and oxygen atoms in total. The molecule has 76 valence electrons. The van der Waals surface area contributed by atoms with E-state index in [4.69, 9.17) is 0 Å². The standard InChI is InChI=1S/C11H22N2/c1-2-12-8-10-6-7-13(9-10)11-4-3-5-11/h10-12H,2-9H2,1H3. The van der Waals surface area contributed by atoms with Crippen LogP contribution in [0.25, 0.3) is 0 Å². The molecule has 1 atom stereocenters. The smallest absolute Gasteiger partial charge is 0.00954 e. The molecule has 2 fully saturated rings. The van der Waals surface area contributed by atoms with Gasteiger partial charge in [-0.05, 0) is 44.8 Å². The van der Waals surface area contributed by atoms with E-state index in [1.165, 1.54) is 45.3 Å². The minimum atomic E-state index is 0.931. The summed E-state index contributed by atoms with van der Waals surface area (Å²) in [6.07, 6.45) is 5.82. The van der Waals surface area contributed by atoms with Crippen molar-refractivity contribution in [1.29, 1.82) is 0 Å². The monoisotopic (exact) mass is 182 g/mol. The van der Waals surface area contributed by atoms with E-state index in [1.54, 1.807) is 0 Å². The first-order valence-electron chi connectivity index (χ1n) is 5.85. The molecule has 2 aliphatic rings. The summed E-state index contributed by atoms with van der Waals surface area (Å²) in [6.45, 7) is 7.27. The molecule has 0 aromatic carbocycles. The van der Waals surface area contributed by atoms with Gasteiger partial charge in [-0.3, -0.25) is 0 Å². The molecule has 0 aromatic rings. The fraction of sp³-hybridized carbons (Fsp3) is 1.00. The van der Waals surface area contributed by atoms with Crippen LogP contribution in [0.1, 0.15) is 32.6 Å². The van der Waals surface area contributed by atoms with Gasteiger partial charge in [0.2, 0.25) is 0 Å². The zero-order chi connectivity index (χ0) is 9.10. The van der Waals surface area contributed by atoms with Crippen LogP contribution in [0.2, 0.25) is 0 Å². The molecular weight excluding hydrogens is 160 g/mol. The van der Waals surface area contributed by atoms with Crippen LogP contribution < -0.4 is 5.32 Å². The third kappa shape index (κ3) is 2.23. The van der Waals surface area contributed by atoms with Crippen LogP contribution in [0.4, 0.5) is 0 Å². The minimum Gasteiger partial charge on any atom is -0.317 e. The number of likely N-dealkylation sites (tertiary alicyclic amines) is 1. The lowest BCUT2D eigenvalue weighted by atomic mass is 9.92. The van der Waals surface area contributed by atoms with Gasteiger partial charge in [-0.1, -0.05) is 13.3 Å². The Hall–Kier alpha value is -0.0800. The van der Waals surface area contributed by atoms with Crippen LogP contribution >= 0.6 is 0 Å². The second kappa shape index (κ2) is 4.43. The summed E-state index contributed by atoms with van der Waals surface area (Å²) < 4.78 is 0. The number of rotatable bonds is 4. The van der Waals surface area contributed by atoms with E-state index in [0.29, 0.717) is 0 Å². The second-order valence-electron chi connectivity index (χ2n) is 4.54. The van der Waals surface area contributed by atoms with Gasteiger partial charge < -0.3 is 10.2 Å². The Kier molecular flexibility index (Phi) is 3.23. The molecule has 1 saturated carbocycles. The van der Waals surface area contributed by atoms with Gasteiger partial charge in [-0.15, -0.1) is 0 Å². The highest BCUT2D eigenvalue weighted by Gasteiger charge is 2.30. The molecule has 13 heavy (non-hydrogen) atoms. The summed E-state index contributed by atoms with van der Waals surface area (Å²) in [5, 5.41) is 3.46. The second-order valence-corrected chi connectivity index (χ2v) is 4.54. The van der Waals surface area contributed by atoms with Crippen molar-refractivity contribution in [2.24, 2.45) is 5.92 Å². The van der Waals surface area contributed by atoms with E-state index < -0.39 is 0 Å². The van der Waals surface area contributed by atoms with Gasteiger partial charge >= 0.3 is 0 Å². The fourth-order valence-electron chi connectivity index (χ4n) is 2.46. The Morgan fingerprint density at radius 1 is 1.31 bits per heavy atom. The van der Waals surface area contributed by atoms with Crippen molar-refractivity contribution in [2.45, 2.75) is 38.6 Å². The molecule has 2 rings (SSSR count). The van der Waals surface area contributed by atoms with E-state index in [0.717, 1.165) is 18.5 Å². The minimum absolute atomic E-state index is 0.931. The molecule has 1 aliphatic heterocycles. The molecule has 0 bridgehead atoms.